The molecule has 0 bridgehead atoms. The number of likely N-dealkylation sites (tertiary alicyclic amines) is 1. The number of pyridine rings is 1. The smallest absolute Gasteiger partial charge is 0.307 e. The third kappa shape index (κ3) is 8.85. The molecule has 5 atom stereocenters. The van der Waals surface area contributed by atoms with E-state index in [1.807, 2.05) is 63.2 Å². The zero-order chi connectivity index (χ0) is 40.8. The maximum Gasteiger partial charge on any atom is 0.307 e. The monoisotopic (exact) mass is 788 g/mol. The summed E-state index contributed by atoms with van der Waals surface area (Å²) in [6.07, 6.45) is 1.68. The fraction of sp³-hybridized carbons (Fsp3) is 0.500. The van der Waals surface area contributed by atoms with Crippen molar-refractivity contribution >= 4 is 44.6 Å². The summed E-state index contributed by atoms with van der Waals surface area (Å²) in [5.74, 6) is -2.80. The Balaban J connectivity index is 1.34. The SMILES string of the molecule is C=CC1CC1(NC(=O)[C@@H]1C[C@@H](Oc2cc(-c3ccccc3)nc3cc(OC)ccc23)CN1C(=O)[C@@H](CC(=O)OC(C)(C)C)C(C)(C)C)C(=O)NS(=O)(=O)C1CC1. The molecule has 3 aliphatic rings. The molecule has 2 saturated carbocycles. The number of methoxy groups -OCH3 is 1. The number of ether oxygens (including phenoxy) is 3. The third-order valence-corrected chi connectivity index (χ3v) is 12.4. The van der Waals surface area contributed by atoms with Crippen LogP contribution in [0.2, 0.25) is 0 Å². The molecule has 1 aromatic heterocycles. The van der Waals surface area contributed by atoms with E-state index in [4.69, 9.17) is 19.2 Å². The summed E-state index contributed by atoms with van der Waals surface area (Å²) in [6, 6.07) is 15.7. The normalized spacial score (nSPS) is 22.8. The van der Waals surface area contributed by atoms with Crippen LogP contribution in [0.5, 0.6) is 11.5 Å². The molecule has 300 valence electrons. The lowest BCUT2D eigenvalue weighted by molar-refractivity contribution is -0.161. The molecule has 3 amide bonds. The number of sulfonamides is 1. The van der Waals surface area contributed by atoms with Crippen molar-refractivity contribution in [3.63, 3.8) is 0 Å². The summed E-state index contributed by atoms with van der Waals surface area (Å²) in [4.78, 5) is 62.2. The van der Waals surface area contributed by atoms with Gasteiger partial charge < -0.3 is 24.4 Å². The van der Waals surface area contributed by atoms with E-state index < -0.39 is 79.5 Å². The largest absolute Gasteiger partial charge is 0.497 e. The summed E-state index contributed by atoms with van der Waals surface area (Å²) >= 11 is 0. The van der Waals surface area contributed by atoms with Crippen molar-refractivity contribution in [3.8, 4) is 22.8 Å². The molecule has 2 aliphatic carbocycles. The number of nitrogens with zero attached hydrogens (tertiary/aromatic N) is 2. The average molecular weight is 789 g/mol. The Labute approximate surface area is 328 Å². The first-order valence-electron chi connectivity index (χ1n) is 19.0. The molecule has 0 radical (unpaired) electrons. The van der Waals surface area contributed by atoms with Crippen LogP contribution in [0.3, 0.4) is 0 Å². The highest BCUT2D eigenvalue weighted by Gasteiger charge is 2.62. The van der Waals surface area contributed by atoms with Gasteiger partial charge in [-0.05, 0) is 57.6 Å². The van der Waals surface area contributed by atoms with Gasteiger partial charge in [-0.25, -0.2) is 13.4 Å². The zero-order valence-electron chi connectivity index (χ0n) is 33.1. The molecule has 13 nitrogen and oxygen atoms in total. The van der Waals surface area contributed by atoms with Crippen LogP contribution >= 0.6 is 0 Å². The van der Waals surface area contributed by atoms with Crippen LogP contribution in [0.15, 0.2) is 67.3 Å². The highest BCUT2D eigenvalue weighted by atomic mass is 32.2. The van der Waals surface area contributed by atoms with Gasteiger partial charge in [-0.2, -0.15) is 0 Å². The molecule has 3 fully saturated rings. The number of hydrogen-bond donors (Lipinski definition) is 2. The van der Waals surface area contributed by atoms with E-state index in [1.165, 1.54) is 11.0 Å². The number of amides is 3. The fourth-order valence-electron chi connectivity index (χ4n) is 7.25. The van der Waals surface area contributed by atoms with Gasteiger partial charge in [-0.3, -0.25) is 23.9 Å². The van der Waals surface area contributed by atoms with Gasteiger partial charge in [-0.1, -0.05) is 57.2 Å². The number of carbonyl (C=O) groups excluding carboxylic acids is 4. The molecule has 3 aromatic rings. The number of carbonyl (C=O) groups is 4. The highest BCUT2D eigenvalue weighted by Crippen LogP contribution is 2.46. The molecule has 14 heteroatoms. The van der Waals surface area contributed by atoms with Gasteiger partial charge in [0.25, 0.3) is 5.91 Å². The minimum Gasteiger partial charge on any atom is -0.497 e. The Bertz CT molecular complexity index is 2140. The first kappa shape index (κ1) is 40.7. The Kier molecular flexibility index (Phi) is 11.0. The van der Waals surface area contributed by atoms with Crippen molar-refractivity contribution in [1.29, 1.82) is 0 Å². The molecule has 6 rings (SSSR count). The van der Waals surface area contributed by atoms with E-state index in [1.54, 1.807) is 40.0 Å². The Hall–Kier alpha value is -4.98. The lowest BCUT2D eigenvalue weighted by atomic mass is 9.77. The van der Waals surface area contributed by atoms with Crippen molar-refractivity contribution in [1.82, 2.24) is 19.9 Å². The molecule has 1 aliphatic heterocycles. The number of fused-ring (bicyclic) bond motifs is 1. The quantitative estimate of drug-likeness (QED) is 0.171. The van der Waals surface area contributed by atoms with Crippen molar-refractivity contribution in [2.75, 3.05) is 13.7 Å². The summed E-state index contributed by atoms with van der Waals surface area (Å²) in [7, 11) is -2.34. The topological polar surface area (TPSA) is 170 Å². The van der Waals surface area contributed by atoms with Gasteiger partial charge in [0.1, 0.15) is 34.8 Å². The number of esters is 1. The molecule has 56 heavy (non-hydrogen) atoms. The van der Waals surface area contributed by atoms with Gasteiger partial charge in [-0.15, -0.1) is 6.58 Å². The van der Waals surface area contributed by atoms with Crippen LogP contribution in [0.25, 0.3) is 22.2 Å². The van der Waals surface area contributed by atoms with Crippen molar-refractivity contribution in [2.45, 2.75) is 102 Å². The maximum atomic E-state index is 14.7. The first-order valence-corrected chi connectivity index (χ1v) is 20.5. The summed E-state index contributed by atoms with van der Waals surface area (Å²) in [5, 5.41) is 2.87. The number of aromatic nitrogens is 1. The van der Waals surface area contributed by atoms with E-state index >= 15 is 0 Å². The number of nitrogens with one attached hydrogen (secondary N) is 2. The van der Waals surface area contributed by atoms with Gasteiger partial charge in [0.05, 0.1) is 42.5 Å². The zero-order valence-corrected chi connectivity index (χ0v) is 33.9. The second-order valence-corrected chi connectivity index (χ2v) is 19.1. The predicted molar refractivity (Wildman–Crippen MR) is 211 cm³/mol. The maximum absolute atomic E-state index is 14.7. The van der Waals surface area contributed by atoms with Gasteiger partial charge in [0.15, 0.2) is 0 Å². The number of rotatable bonds is 13. The van der Waals surface area contributed by atoms with Crippen LogP contribution in [0, 0.1) is 17.3 Å². The second-order valence-electron chi connectivity index (χ2n) is 17.1. The Morgan fingerprint density at radius 2 is 1.73 bits per heavy atom. The van der Waals surface area contributed by atoms with Crippen molar-refractivity contribution in [3.05, 3.63) is 67.3 Å². The van der Waals surface area contributed by atoms with Gasteiger partial charge in [0, 0.05) is 35.4 Å². The lowest BCUT2D eigenvalue weighted by Gasteiger charge is -2.35. The molecule has 0 spiro atoms. The van der Waals surface area contributed by atoms with Gasteiger partial charge in [0.2, 0.25) is 21.8 Å². The van der Waals surface area contributed by atoms with E-state index in [0.717, 1.165) is 5.56 Å². The van der Waals surface area contributed by atoms with Crippen molar-refractivity contribution in [2.24, 2.45) is 17.3 Å². The van der Waals surface area contributed by atoms with E-state index in [2.05, 4.69) is 16.6 Å². The Morgan fingerprint density at radius 3 is 2.32 bits per heavy atom. The van der Waals surface area contributed by atoms with E-state index in [9.17, 15) is 27.6 Å². The lowest BCUT2D eigenvalue weighted by Crippen LogP contribution is -2.57. The summed E-state index contributed by atoms with van der Waals surface area (Å²) in [6.45, 7) is 14.6. The van der Waals surface area contributed by atoms with Crippen LogP contribution < -0.4 is 19.5 Å². The number of benzene rings is 2. The molecular formula is C42H52N4O9S. The summed E-state index contributed by atoms with van der Waals surface area (Å²) < 4.78 is 45.5. The van der Waals surface area contributed by atoms with E-state index in [0.29, 0.717) is 40.9 Å². The molecular weight excluding hydrogens is 737 g/mol. The molecule has 2 heterocycles. The minimum atomic E-state index is -3.91. The summed E-state index contributed by atoms with van der Waals surface area (Å²) in [5.41, 5.74) is -0.942. The van der Waals surface area contributed by atoms with Crippen molar-refractivity contribution < 1.29 is 41.8 Å². The molecule has 1 saturated heterocycles. The first-order chi connectivity index (χ1) is 26.2. The predicted octanol–water partition coefficient (Wildman–Crippen LogP) is 5.32. The van der Waals surface area contributed by atoms with Crippen LogP contribution in [-0.4, -0.2) is 84.2 Å². The molecule has 2 N–H and O–H groups in total. The minimum absolute atomic E-state index is 0.0153. The standard InChI is InChI=1S/C42H52N4O9S/c1-9-26-23-42(26,39(50)45-56(51,52)29-16-17-29)44-37(48)34-20-28(24-46(34)38(49)31(40(2,3)4)21-36(47)55-41(5,6)7)54-35-22-32(25-13-11-10-12-14-25)43-33-19-27(53-8)15-18-30(33)35/h9-15,18-19,22,26,28-29,31,34H,1,16-17,20-21,23-24H2,2-8H3,(H,44,48)(H,45,50)/t26?,28-,31-,34+,42?/m1/s1. The van der Waals surface area contributed by atoms with Crippen LogP contribution in [-0.2, 0) is 33.9 Å². The van der Waals surface area contributed by atoms with Crippen LogP contribution in [0.4, 0.5) is 0 Å². The molecule has 2 aromatic carbocycles. The second kappa shape index (κ2) is 15.2. The average Bonchev–Trinajstić information content (AvgIpc) is 4.06. The Morgan fingerprint density at radius 1 is 1.04 bits per heavy atom. The molecule has 2 unspecified atom stereocenters. The van der Waals surface area contributed by atoms with Crippen LogP contribution in [0.1, 0.15) is 73.6 Å². The fourth-order valence-corrected chi connectivity index (χ4v) is 8.61. The number of hydrogen-bond acceptors (Lipinski definition) is 10. The third-order valence-electron chi connectivity index (χ3n) is 10.6. The van der Waals surface area contributed by atoms with E-state index in [-0.39, 0.29) is 25.8 Å². The van der Waals surface area contributed by atoms with Gasteiger partial charge >= 0.3 is 5.97 Å². The highest BCUT2D eigenvalue weighted by molar-refractivity contribution is 7.91.